The summed E-state index contributed by atoms with van der Waals surface area (Å²) in [7, 11) is 0. The normalized spacial score (nSPS) is 12.6. The smallest absolute Gasteiger partial charge is 0.0595 e. The van der Waals surface area contributed by atoms with Gasteiger partial charge in [-0.05, 0) is 30.5 Å². The second kappa shape index (κ2) is 11.3. The molecule has 3 heteroatoms. The molecule has 1 unspecified atom stereocenters. The van der Waals surface area contributed by atoms with E-state index >= 15 is 0 Å². The number of benzene rings is 1. The van der Waals surface area contributed by atoms with Crippen molar-refractivity contribution in [1.29, 1.82) is 0 Å². The van der Waals surface area contributed by atoms with Gasteiger partial charge in [0.15, 0.2) is 0 Å². The van der Waals surface area contributed by atoms with Crippen molar-refractivity contribution in [3.8, 4) is 0 Å². The van der Waals surface area contributed by atoms with Gasteiger partial charge < -0.3 is 5.11 Å². The number of aliphatic hydroxyl groups is 1. The third-order valence-corrected chi connectivity index (χ3v) is 4.59. The van der Waals surface area contributed by atoms with Gasteiger partial charge in [-0.25, -0.2) is 0 Å². The van der Waals surface area contributed by atoms with Crippen molar-refractivity contribution in [3.63, 3.8) is 0 Å². The number of hydrogen-bond acceptors (Lipinski definition) is 1. The molecule has 21 heavy (non-hydrogen) atoms. The quantitative estimate of drug-likeness (QED) is 0.463. The monoisotopic (exact) mass is 330 g/mol. The van der Waals surface area contributed by atoms with E-state index in [0.717, 1.165) is 18.4 Å². The molecule has 1 aromatic carbocycles. The highest BCUT2D eigenvalue weighted by Gasteiger charge is 2.07. The first-order valence-corrected chi connectivity index (χ1v) is 9.01. The van der Waals surface area contributed by atoms with Crippen LogP contribution in [0.25, 0.3) is 0 Å². The standard InChI is InChI=1S/C18H28Cl2O/c1-2-3-4-5-6-7-8-9-10-16(21)13-15-11-12-17(19)18(20)14-15/h11-12,14,16,21H,2-10,13H2,1H3. The summed E-state index contributed by atoms with van der Waals surface area (Å²) < 4.78 is 0. The average Bonchev–Trinajstić information content (AvgIpc) is 2.46. The molecular weight excluding hydrogens is 303 g/mol. The first kappa shape index (κ1) is 18.8. The lowest BCUT2D eigenvalue weighted by Crippen LogP contribution is -2.10. The predicted octanol–water partition coefficient (Wildman–Crippen LogP) is 6.43. The predicted molar refractivity (Wildman–Crippen MR) is 93.4 cm³/mol. The Bertz CT molecular complexity index is 393. The molecular formula is C18H28Cl2O. The Morgan fingerprint density at radius 2 is 1.52 bits per heavy atom. The van der Waals surface area contributed by atoms with Gasteiger partial charge in [0, 0.05) is 0 Å². The summed E-state index contributed by atoms with van der Waals surface area (Å²) in [4.78, 5) is 0. The third kappa shape index (κ3) is 8.70. The summed E-state index contributed by atoms with van der Waals surface area (Å²) in [5.41, 5.74) is 1.05. The van der Waals surface area contributed by atoms with E-state index in [9.17, 15) is 5.11 Å². The number of halogens is 2. The molecule has 0 bridgehead atoms. The van der Waals surface area contributed by atoms with Crippen molar-refractivity contribution in [2.45, 2.75) is 77.2 Å². The van der Waals surface area contributed by atoms with Crippen LogP contribution in [0.2, 0.25) is 10.0 Å². The van der Waals surface area contributed by atoms with E-state index in [0.29, 0.717) is 16.5 Å². The number of unbranched alkanes of at least 4 members (excludes halogenated alkanes) is 7. The van der Waals surface area contributed by atoms with Crippen LogP contribution in [-0.2, 0) is 6.42 Å². The Hall–Kier alpha value is -0.240. The van der Waals surface area contributed by atoms with Crippen LogP contribution in [0.1, 0.15) is 70.3 Å². The molecule has 0 radical (unpaired) electrons. The molecule has 0 spiro atoms. The highest BCUT2D eigenvalue weighted by molar-refractivity contribution is 6.42. The van der Waals surface area contributed by atoms with Crippen LogP contribution in [0, 0.1) is 0 Å². The Labute approximate surface area is 139 Å². The van der Waals surface area contributed by atoms with E-state index in [4.69, 9.17) is 23.2 Å². The second-order valence-corrected chi connectivity index (χ2v) is 6.68. The van der Waals surface area contributed by atoms with Gasteiger partial charge in [0.25, 0.3) is 0 Å². The highest BCUT2D eigenvalue weighted by atomic mass is 35.5. The van der Waals surface area contributed by atoms with Gasteiger partial charge in [-0.1, -0.05) is 87.6 Å². The Kier molecular flexibility index (Phi) is 10.2. The Morgan fingerprint density at radius 1 is 0.905 bits per heavy atom. The fourth-order valence-corrected chi connectivity index (χ4v) is 2.88. The van der Waals surface area contributed by atoms with E-state index in [1.54, 1.807) is 6.07 Å². The maximum absolute atomic E-state index is 10.1. The fraction of sp³-hybridized carbons (Fsp3) is 0.667. The number of rotatable bonds is 11. The van der Waals surface area contributed by atoms with E-state index in [1.165, 1.54) is 44.9 Å². The summed E-state index contributed by atoms with van der Waals surface area (Å²) >= 11 is 11.9. The summed E-state index contributed by atoms with van der Waals surface area (Å²) in [6.07, 6.45) is 11.6. The second-order valence-electron chi connectivity index (χ2n) is 5.87. The minimum atomic E-state index is -0.276. The molecule has 0 aromatic heterocycles. The van der Waals surface area contributed by atoms with Crippen LogP contribution in [0.3, 0.4) is 0 Å². The minimum Gasteiger partial charge on any atom is -0.393 e. The molecule has 0 heterocycles. The first-order valence-electron chi connectivity index (χ1n) is 8.25. The molecule has 1 rings (SSSR count). The molecule has 0 amide bonds. The van der Waals surface area contributed by atoms with Gasteiger partial charge in [-0.15, -0.1) is 0 Å². The molecule has 1 atom stereocenters. The maximum Gasteiger partial charge on any atom is 0.0595 e. The molecule has 0 saturated heterocycles. The van der Waals surface area contributed by atoms with Crippen molar-refractivity contribution in [3.05, 3.63) is 33.8 Å². The lowest BCUT2D eigenvalue weighted by molar-refractivity contribution is 0.161. The lowest BCUT2D eigenvalue weighted by atomic mass is 10.0. The van der Waals surface area contributed by atoms with E-state index < -0.39 is 0 Å². The molecule has 0 saturated carbocycles. The summed E-state index contributed by atoms with van der Waals surface area (Å²) in [6.45, 7) is 2.25. The molecule has 0 aliphatic carbocycles. The van der Waals surface area contributed by atoms with Crippen molar-refractivity contribution in [1.82, 2.24) is 0 Å². The molecule has 1 aromatic rings. The van der Waals surface area contributed by atoms with Crippen molar-refractivity contribution >= 4 is 23.2 Å². The van der Waals surface area contributed by atoms with E-state index in [2.05, 4.69) is 6.92 Å². The van der Waals surface area contributed by atoms with E-state index in [-0.39, 0.29) is 6.10 Å². The van der Waals surface area contributed by atoms with Gasteiger partial charge >= 0.3 is 0 Å². The molecule has 0 fully saturated rings. The number of hydrogen-bond donors (Lipinski definition) is 1. The molecule has 0 aliphatic rings. The van der Waals surface area contributed by atoms with Crippen LogP contribution >= 0.6 is 23.2 Å². The van der Waals surface area contributed by atoms with Crippen molar-refractivity contribution in [2.75, 3.05) is 0 Å². The molecule has 1 N–H and O–H groups in total. The zero-order chi connectivity index (χ0) is 15.5. The fourth-order valence-electron chi connectivity index (χ4n) is 2.55. The van der Waals surface area contributed by atoms with Gasteiger partial charge in [-0.3, -0.25) is 0 Å². The van der Waals surface area contributed by atoms with Crippen molar-refractivity contribution < 1.29 is 5.11 Å². The van der Waals surface area contributed by atoms with Crippen LogP contribution in [0.15, 0.2) is 18.2 Å². The Morgan fingerprint density at radius 3 is 2.14 bits per heavy atom. The van der Waals surface area contributed by atoms with Gasteiger partial charge in [0.1, 0.15) is 0 Å². The summed E-state index contributed by atoms with van der Waals surface area (Å²) in [5.74, 6) is 0. The topological polar surface area (TPSA) is 20.2 Å². The first-order chi connectivity index (χ1) is 10.1. The maximum atomic E-state index is 10.1. The van der Waals surface area contributed by atoms with Crippen molar-refractivity contribution in [2.24, 2.45) is 0 Å². The largest absolute Gasteiger partial charge is 0.393 e. The van der Waals surface area contributed by atoms with E-state index in [1.807, 2.05) is 12.1 Å². The Balaban J connectivity index is 2.08. The summed E-state index contributed by atoms with van der Waals surface area (Å²) in [6, 6.07) is 5.58. The zero-order valence-electron chi connectivity index (χ0n) is 13.1. The lowest BCUT2D eigenvalue weighted by Gasteiger charge is -2.11. The molecule has 1 nitrogen and oxygen atoms in total. The SMILES string of the molecule is CCCCCCCCCCC(O)Cc1ccc(Cl)c(Cl)c1. The number of aliphatic hydroxyl groups excluding tert-OH is 1. The highest BCUT2D eigenvalue weighted by Crippen LogP contribution is 2.23. The van der Waals surface area contributed by atoms with Crippen LogP contribution in [0.5, 0.6) is 0 Å². The molecule has 120 valence electrons. The van der Waals surface area contributed by atoms with Gasteiger partial charge in [-0.2, -0.15) is 0 Å². The average molecular weight is 331 g/mol. The molecule has 0 aliphatic heterocycles. The third-order valence-electron chi connectivity index (χ3n) is 3.85. The zero-order valence-corrected chi connectivity index (χ0v) is 14.6. The van der Waals surface area contributed by atoms with Crippen LogP contribution < -0.4 is 0 Å². The van der Waals surface area contributed by atoms with Gasteiger partial charge in [0.05, 0.1) is 16.1 Å². The summed E-state index contributed by atoms with van der Waals surface area (Å²) in [5, 5.41) is 11.2. The van der Waals surface area contributed by atoms with Gasteiger partial charge in [0.2, 0.25) is 0 Å². The minimum absolute atomic E-state index is 0.276. The van der Waals surface area contributed by atoms with Crippen LogP contribution in [-0.4, -0.2) is 11.2 Å². The van der Waals surface area contributed by atoms with Crippen LogP contribution in [0.4, 0.5) is 0 Å².